The van der Waals surface area contributed by atoms with Crippen LogP contribution in [0.25, 0.3) is 16.4 Å². The molecule has 1 aromatic carbocycles. The van der Waals surface area contributed by atoms with Crippen molar-refractivity contribution in [3.05, 3.63) is 46.5 Å². The Hall–Kier alpha value is -2.49. The Kier molecular flexibility index (Phi) is 6.12. The number of likely N-dealkylation sites (tertiary alicyclic amines) is 1. The molecule has 1 N–H and O–H groups in total. The number of hydrogen-bond acceptors (Lipinski definition) is 6. The summed E-state index contributed by atoms with van der Waals surface area (Å²) in [6.07, 6.45) is 4.00. The molecular formula is C23H27N5O2S2. The molecule has 32 heavy (non-hydrogen) atoms. The Balaban J connectivity index is 1.38. The van der Waals surface area contributed by atoms with Gasteiger partial charge >= 0.3 is 0 Å². The number of nitrogens with one attached hydrogen (secondary N) is 1. The molecule has 1 aliphatic heterocycles. The lowest BCUT2D eigenvalue weighted by Gasteiger charge is -2.30. The van der Waals surface area contributed by atoms with Gasteiger partial charge in [-0.2, -0.15) is 0 Å². The molecule has 5 rings (SSSR count). The molecule has 7 nitrogen and oxygen atoms in total. The van der Waals surface area contributed by atoms with Crippen LogP contribution in [-0.4, -0.2) is 51.4 Å². The fourth-order valence-corrected chi connectivity index (χ4v) is 5.15. The number of para-hydroxylation sites is 2. The van der Waals surface area contributed by atoms with Gasteiger partial charge in [-0.3, -0.25) is 14.3 Å². The second-order valence-corrected chi connectivity index (χ2v) is 9.72. The predicted octanol–water partition coefficient (Wildman–Crippen LogP) is 4.09. The summed E-state index contributed by atoms with van der Waals surface area (Å²) in [6, 6.07) is 12.4. The number of hydrogen-bond donors (Lipinski definition) is 1. The van der Waals surface area contributed by atoms with Crippen molar-refractivity contribution in [2.45, 2.75) is 38.4 Å². The molecule has 2 fully saturated rings. The highest BCUT2D eigenvalue weighted by atomic mass is 32.1. The maximum Gasteiger partial charge on any atom is 0.223 e. The van der Waals surface area contributed by atoms with Crippen molar-refractivity contribution in [1.82, 2.24) is 24.6 Å². The van der Waals surface area contributed by atoms with Gasteiger partial charge in [0.05, 0.1) is 24.3 Å². The van der Waals surface area contributed by atoms with Crippen LogP contribution in [0.3, 0.4) is 0 Å². The third kappa shape index (κ3) is 4.37. The molecule has 1 amide bonds. The number of nitrogens with zero attached hydrogens (tertiary/aromatic N) is 4. The van der Waals surface area contributed by atoms with Gasteiger partial charge in [-0.05, 0) is 61.5 Å². The van der Waals surface area contributed by atoms with Crippen LogP contribution in [0.2, 0.25) is 0 Å². The first-order chi connectivity index (χ1) is 15.6. The van der Waals surface area contributed by atoms with E-state index in [0.29, 0.717) is 17.5 Å². The van der Waals surface area contributed by atoms with Crippen molar-refractivity contribution >= 4 is 29.5 Å². The number of amides is 1. The topological polar surface area (TPSA) is 64.3 Å². The van der Waals surface area contributed by atoms with Crippen LogP contribution in [0, 0.1) is 10.7 Å². The molecule has 0 spiro atoms. The minimum absolute atomic E-state index is 0.118. The summed E-state index contributed by atoms with van der Waals surface area (Å²) < 4.78 is 10.1. The average Bonchev–Trinajstić information content (AvgIpc) is 3.34. The fourth-order valence-electron chi connectivity index (χ4n) is 4.17. The van der Waals surface area contributed by atoms with Crippen LogP contribution in [-0.2, 0) is 11.5 Å². The third-order valence-electron chi connectivity index (χ3n) is 6.12. The average molecular weight is 470 g/mol. The van der Waals surface area contributed by atoms with E-state index in [1.807, 2.05) is 45.0 Å². The van der Waals surface area contributed by atoms with E-state index in [2.05, 4.69) is 16.3 Å². The van der Waals surface area contributed by atoms with Gasteiger partial charge in [0.2, 0.25) is 10.7 Å². The molecular weight excluding hydrogens is 442 g/mol. The second kappa shape index (κ2) is 9.17. The molecule has 1 saturated carbocycles. The summed E-state index contributed by atoms with van der Waals surface area (Å²) in [5.74, 6) is 1.91. The number of carbonyl (C=O) groups excluding carboxylic acids is 1. The summed E-state index contributed by atoms with van der Waals surface area (Å²) in [6.45, 7) is 2.33. The highest BCUT2D eigenvalue weighted by Crippen LogP contribution is 2.31. The number of carbonyl (C=O) groups is 1. The smallest absolute Gasteiger partial charge is 0.223 e. The van der Waals surface area contributed by atoms with Gasteiger partial charge in [0.25, 0.3) is 0 Å². The van der Waals surface area contributed by atoms with Crippen molar-refractivity contribution < 1.29 is 9.53 Å². The molecule has 0 radical (unpaired) electrons. The van der Waals surface area contributed by atoms with Crippen molar-refractivity contribution in [1.29, 1.82) is 0 Å². The van der Waals surface area contributed by atoms with Crippen LogP contribution >= 0.6 is 23.6 Å². The van der Waals surface area contributed by atoms with Crippen LogP contribution in [0.1, 0.15) is 25.7 Å². The van der Waals surface area contributed by atoms with E-state index in [9.17, 15) is 4.79 Å². The number of ether oxygens (including phenoxy) is 1. The first-order valence-electron chi connectivity index (χ1n) is 11.0. The molecule has 0 bridgehead atoms. The van der Waals surface area contributed by atoms with Crippen LogP contribution in [0.4, 0.5) is 0 Å². The van der Waals surface area contributed by atoms with Crippen LogP contribution in [0.15, 0.2) is 41.8 Å². The van der Waals surface area contributed by atoms with Crippen molar-refractivity contribution in [3.8, 4) is 22.1 Å². The Bertz CT molecular complexity index is 1140. The Morgan fingerprint density at radius 1 is 1.19 bits per heavy atom. The van der Waals surface area contributed by atoms with E-state index < -0.39 is 0 Å². The van der Waals surface area contributed by atoms with E-state index >= 15 is 0 Å². The number of piperidine rings is 1. The first kappa shape index (κ1) is 21.4. The quantitative estimate of drug-likeness (QED) is 0.528. The molecule has 3 aromatic rings. The van der Waals surface area contributed by atoms with Gasteiger partial charge in [0.1, 0.15) is 5.75 Å². The molecule has 9 heteroatoms. The van der Waals surface area contributed by atoms with E-state index in [-0.39, 0.29) is 11.8 Å². The lowest BCUT2D eigenvalue weighted by Crippen LogP contribution is -2.41. The summed E-state index contributed by atoms with van der Waals surface area (Å²) >= 11 is 7.52. The fraction of sp³-hybridized carbons (Fsp3) is 0.435. The van der Waals surface area contributed by atoms with Crippen molar-refractivity contribution in [2.24, 2.45) is 5.92 Å². The van der Waals surface area contributed by atoms with Gasteiger partial charge < -0.3 is 10.1 Å². The molecule has 3 heterocycles. The molecule has 2 aliphatic rings. The first-order valence-corrected chi connectivity index (χ1v) is 12.3. The molecule has 1 aliphatic carbocycles. The lowest BCUT2D eigenvalue weighted by molar-refractivity contribution is -0.126. The number of methoxy groups -OCH3 is 1. The van der Waals surface area contributed by atoms with Crippen molar-refractivity contribution in [2.75, 3.05) is 20.2 Å². The lowest BCUT2D eigenvalue weighted by atomic mass is 9.96. The summed E-state index contributed by atoms with van der Waals surface area (Å²) in [7, 11) is 1.67. The molecule has 0 atom stereocenters. The van der Waals surface area contributed by atoms with Gasteiger partial charge in [-0.25, -0.2) is 4.68 Å². The zero-order chi connectivity index (χ0) is 22.1. The summed E-state index contributed by atoms with van der Waals surface area (Å²) in [5.41, 5.74) is 0.880. The third-order valence-corrected chi connectivity index (χ3v) is 7.38. The molecule has 2 aromatic heterocycles. The molecule has 168 valence electrons. The zero-order valence-electron chi connectivity index (χ0n) is 18.1. The number of benzene rings is 1. The normalized spacial score (nSPS) is 17.4. The summed E-state index contributed by atoms with van der Waals surface area (Å²) in [4.78, 5) is 15.8. The van der Waals surface area contributed by atoms with Crippen LogP contribution in [0.5, 0.6) is 5.75 Å². The number of aromatic nitrogens is 3. The second-order valence-electron chi connectivity index (χ2n) is 8.41. The van der Waals surface area contributed by atoms with Gasteiger partial charge in [0, 0.05) is 25.0 Å². The maximum atomic E-state index is 12.4. The largest absolute Gasteiger partial charge is 0.495 e. The van der Waals surface area contributed by atoms with Crippen molar-refractivity contribution in [3.63, 3.8) is 0 Å². The van der Waals surface area contributed by atoms with Gasteiger partial charge in [-0.1, -0.05) is 18.2 Å². The minimum Gasteiger partial charge on any atom is -0.495 e. The van der Waals surface area contributed by atoms with Crippen LogP contribution < -0.4 is 10.1 Å². The van der Waals surface area contributed by atoms with E-state index in [4.69, 9.17) is 22.1 Å². The number of rotatable bonds is 7. The van der Waals surface area contributed by atoms with Gasteiger partial charge in [-0.15, -0.1) is 16.4 Å². The Labute approximate surface area is 196 Å². The maximum absolute atomic E-state index is 12.4. The minimum atomic E-state index is 0.118. The standard InChI is InChI=1S/C23H27N5O2S2/c1-30-19-6-3-2-5-18(19)28-21(20-7-4-14-32-20)25-27(23(28)31)15-26-12-10-16(11-13-26)22(29)24-17-8-9-17/h2-7,14,16-17H,8-13,15H2,1H3,(H,24,29). The highest BCUT2D eigenvalue weighted by Gasteiger charge is 2.30. The predicted molar refractivity (Wildman–Crippen MR) is 128 cm³/mol. The van der Waals surface area contributed by atoms with Gasteiger partial charge in [0.15, 0.2) is 5.82 Å². The number of thiophene rings is 1. The Morgan fingerprint density at radius 3 is 2.66 bits per heavy atom. The van der Waals surface area contributed by atoms with E-state index in [0.717, 1.165) is 60.9 Å². The highest BCUT2D eigenvalue weighted by molar-refractivity contribution is 7.71. The van der Waals surface area contributed by atoms with E-state index in [1.165, 1.54) is 0 Å². The summed E-state index contributed by atoms with van der Waals surface area (Å²) in [5, 5.41) is 10.1. The monoisotopic (exact) mass is 469 g/mol. The van der Waals surface area contributed by atoms with E-state index in [1.54, 1.807) is 18.4 Å². The SMILES string of the molecule is COc1ccccc1-n1c(-c2cccs2)nn(CN2CCC(C(=O)NC3CC3)CC2)c1=S. The zero-order valence-corrected chi connectivity index (χ0v) is 19.7. The molecule has 0 unspecified atom stereocenters. The molecule has 1 saturated heterocycles. The Morgan fingerprint density at radius 2 is 1.97 bits per heavy atom.